The monoisotopic (exact) mass is 230 g/mol. The quantitative estimate of drug-likeness (QED) is 0.423. The average Bonchev–Trinajstić information content (AvgIpc) is 2.34. The molecule has 0 aliphatic carbocycles. The second kappa shape index (κ2) is 6.59. The Morgan fingerprint density at radius 3 is 2.53 bits per heavy atom. The second-order valence-electron chi connectivity index (χ2n) is 3.50. The minimum absolute atomic E-state index is 0.130. The zero-order chi connectivity index (χ0) is 12.7. The first-order valence-electron chi connectivity index (χ1n) is 5.48. The predicted octanol–water partition coefficient (Wildman–Crippen LogP) is 4.09. The average molecular weight is 230 g/mol. The molecule has 0 amide bonds. The summed E-state index contributed by atoms with van der Waals surface area (Å²) in [5.74, 6) is -0.477. The van der Waals surface area contributed by atoms with Gasteiger partial charge in [-0.1, -0.05) is 37.8 Å². The minimum Gasteiger partial charge on any atom is -0.289 e. The van der Waals surface area contributed by atoms with Crippen LogP contribution in [0.4, 0.5) is 4.39 Å². The number of halogens is 1. The summed E-state index contributed by atoms with van der Waals surface area (Å²) in [5.41, 5.74) is 1.02. The SMILES string of the molecule is C=C/C=C(\C=C/CC)C(=O)c1ccc(F)cc1. The number of rotatable bonds is 5. The Hall–Kier alpha value is -1.96. The van der Waals surface area contributed by atoms with Crippen molar-refractivity contribution in [2.24, 2.45) is 0 Å². The lowest BCUT2D eigenvalue weighted by Crippen LogP contribution is -2.01. The van der Waals surface area contributed by atoms with Gasteiger partial charge in [0.25, 0.3) is 0 Å². The molecule has 1 aromatic carbocycles. The van der Waals surface area contributed by atoms with Crippen LogP contribution in [0.25, 0.3) is 0 Å². The molecule has 0 radical (unpaired) electrons. The lowest BCUT2D eigenvalue weighted by Gasteiger charge is -2.01. The van der Waals surface area contributed by atoms with Gasteiger partial charge in [-0.25, -0.2) is 4.39 Å². The van der Waals surface area contributed by atoms with Crippen molar-refractivity contribution < 1.29 is 9.18 Å². The highest BCUT2D eigenvalue weighted by Crippen LogP contribution is 2.11. The molecule has 88 valence electrons. The van der Waals surface area contributed by atoms with Gasteiger partial charge in [-0.3, -0.25) is 4.79 Å². The molecule has 0 saturated heterocycles. The third kappa shape index (κ3) is 3.83. The van der Waals surface area contributed by atoms with Crippen LogP contribution in [-0.4, -0.2) is 5.78 Å². The molecule has 0 saturated carbocycles. The molecule has 17 heavy (non-hydrogen) atoms. The van der Waals surface area contributed by atoms with Gasteiger partial charge in [-0.2, -0.15) is 0 Å². The molecule has 1 aromatic rings. The van der Waals surface area contributed by atoms with Crippen LogP contribution in [0, 0.1) is 5.82 Å². The van der Waals surface area contributed by atoms with Crippen LogP contribution in [-0.2, 0) is 0 Å². The zero-order valence-electron chi connectivity index (χ0n) is 9.82. The molecular weight excluding hydrogens is 215 g/mol. The number of benzene rings is 1. The third-order valence-corrected chi connectivity index (χ3v) is 2.20. The summed E-state index contributed by atoms with van der Waals surface area (Å²) in [6.07, 6.45) is 7.73. The van der Waals surface area contributed by atoms with Crippen molar-refractivity contribution in [3.63, 3.8) is 0 Å². The number of carbonyl (C=O) groups is 1. The minimum atomic E-state index is -0.347. The first-order chi connectivity index (χ1) is 8.19. The van der Waals surface area contributed by atoms with Gasteiger partial charge in [0.05, 0.1) is 0 Å². The zero-order valence-corrected chi connectivity index (χ0v) is 9.82. The van der Waals surface area contributed by atoms with E-state index < -0.39 is 0 Å². The number of ketones is 1. The van der Waals surface area contributed by atoms with Gasteiger partial charge < -0.3 is 0 Å². The van der Waals surface area contributed by atoms with Crippen LogP contribution < -0.4 is 0 Å². The molecule has 0 bridgehead atoms. The van der Waals surface area contributed by atoms with Crippen molar-refractivity contribution in [1.82, 2.24) is 0 Å². The number of allylic oxidation sites excluding steroid dienone is 5. The number of hydrogen-bond acceptors (Lipinski definition) is 1. The highest BCUT2D eigenvalue weighted by Gasteiger charge is 2.08. The Kier molecular flexibility index (Phi) is 5.08. The van der Waals surface area contributed by atoms with E-state index in [0.717, 1.165) is 6.42 Å². The second-order valence-corrected chi connectivity index (χ2v) is 3.50. The van der Waals surface area contributed by atoms with Crippen LogP contribution in [0.1, 0.15) is 23.7 Å². The topological polar surface area (TPSA) is 17.1 Å². The van der Waals surface area contributed by atoms with Crippen LogP contribution in [0.3, 0.4) is 0 Å². The molecule has 1 nitrogen and oxygen atoms in total. The fourth-order valence-corrected chi connectivity index (χ4v) is 1.35. The van der Waals surface area contributed by atoms with Crippen LogP contribution in [0.15, 0.2) is 60.7 Å². The maximum absolute atomic E-state index is 12.7. The molecule has 1 rings (SSSR count). The molecule has 2 heteroatoms. The van der Waals surface area contributed by atoms with E-state index in [1.807, 2.05) is 13.0 Å². The van der Waals surface area contributed by atoms with E-state index in [9.17, 15) is 9.18 Å². The Bertz CT molecular complexity index is 452. The number of carbonyl (C=O) groups excluding carboxylic acids is 1. The van der Waals surface area contributed by atoms with Gasteiger partial charge in [-0.15, -0.1) is 0 Å². The first kappa shape index (κ1) is 13.1. The maximum Gasteiger partial charge on any atom is 0.193 e. The molecule has 0 N–H and O–H groups in total. The Labute approximate surface area is 101 Å². The van der Waals surface area contributed by atoms with Crippen molar-refractivity contribution in [1.29, 1.82) is 0 Å². The van der Waals surface area contributed by atoms with E-state index in [2.05, 4.69) is 6.58 Å². The summed E-state index contributed by atoms with van der Waals surface area (Å²) in [4.78, 5) is 12.1. The van der Waals surface area contributed by atoms with E-state index in [4.69, 9.17) is 0 Å². The van der Waals surface area contributed by atoms with E-state index >= 15 is 0 Å². The van der Waals surface area contributed by atoms with Crippen molar-refractivity contribution in [2.45, 2.75) is 13.3 Å². The van der Waals surface area contributed by atoms with Crippen LogP contribution in [0.5, 0.6) is 0 Å². The highest BCUT2D eigenvalue weighted by atomic mass is 19.1. The molecule has 0 unspecified atom stereocenters. The van der Waals surface area contributed by atoms with Crippen LogP contribution in [0.2, 0.25) is 0 Å². The third-order valence-electron chi connectivity index (χ3n) is 2.20. The van der Waals surface area contributed by atoms with Gasteiger partial charge >= 0.3 is 0 Å². The molecule has 0 aliphatic heterocycles. The van der Waals surface area contributed by atoms with Gasteiger partial charge in [0.2, 0.25) is 0 Å². The lowest BCUT2D eigenvalue weighted by atomic mass is 10.0. The molecule has 0 heterocycles. The fraction of sp³-hybridized carbons (Fsp3) is 0.133. The summed E-state index contributed by atoms with van der Waals surface area (Å²) in [6.45, 7) is 5.57. The fourth-order valence-electron chi connectivity index (χ4n) is 1.35. The summed E-state index contributed by atoms with van der Waals surface area (Å²) >= 11 is 0. The summed E-state index contributed by atoms with van der Waals surface area (Å²) in [6, 6.07) is 5.52. The van der Waals surface area contributed by atoms with Gasteiger partial charge in [-0.05, 0) is 30.7 Å². The van der Waals surface area contributed by atoms with E-state index in [0.29, 0.717) is 11.1 Å². The smallest absolute Gasteiger partial charge is 0.193 e. The van der Waals surface area contributed by atoms with Gasteiger partial charge in [0.15, 0.2) is 5.78 Å². The number of Topliss-reactive ketones (excluding diaryl/α,β-unsaturated/α-hetero) is 1. The summed E-state index contributed by atoms with van der Waals surface area (Å²) in [7, 11) is 0. The van der Waals surface area contributed by atoms with Gasteiger partial charge in [0.1, 0.15) is 5.82 Å². The molecular formula is C15H15FO. The van der Waals surface area contributed by atoms with E-state index in [-0.39, 0.29) is 11.6 Å². The van der Waals surface area contributed by atoms with Crippen molar-refractivity contribution in [3.05, 3.63) is 72.1 Å². The number of hydrogen-bond donors (Lipinski definition) is 0. The molecule has 0 fully saturated rings. The highest BCUT2D eigenvalue weighted by molar-refractivity contribution is 6.10. The van der Waals surface area contributed by atoms with Gasteiger partial charge in [0, 0.05) is 11.1 Å². The van der Waals surface area contributed by atoms with Crippen LogP contribution >= 0.6 is 0 Å². The largest absolute Gasteiger partial charge is 0.289 e. The standard InChI is InChI=1S/C15H15FO/c1-3-5-7-12(6-4-2)15(17)13-8-10-14(16)11-9-13/h4-11H,2-3H2,1H3/b7-5-,12-6+. The van der Waals surface area contributed by atoms with E-state index in [1.165, 1.54) is 24.3 Å². The summed E-state index contributed by atoms with van der Waals surface area (Å²) in [5, 5.41) is 0. The Morgan fingerprint density at radius 1 is 1.35 bits per heavy atom. The molecule has 0 aromatic heterocycles. The predicted molar refractivity (Wildman–Crippen MR) is 68.4 cm³/mol. The Balaban J connectivity index is 3.00. The summed E-state index contributed by atoms with van der Waals surface area (Å²) < 4.78 is 12.7. The van der Waals surface area contributed by atoms with Crippen molar-refractivity contribution >= 4 is 5.78 Å². The normalized spacial score (nSPS) is 11.8. The molecule has 0 spiro atoms. The lowest BCUT2D eigenvalue weighted by molar-refractivity contribution is 0.103. The van der Waals surface area contributed by atoms with Crippen molar-refractivity contribution in [2.75, 3.05) is 0 Å². The maximum atomic E-state index is 12.7. The first-order valence-corrected chi connectivity index (χ1v) is 5.48. The van der Waals surface area contributed by atoms with Crippen molar-refractivity contribution in [3.8, 4) is 0 Å². The van der Waals surface area contributed by atoms with E-state index in [1.54, 1.807) is 18.2 Å². The molecule has 0 atom stereocenters. The molecule has 0 aliphatic rings. The Morgan fingerprint density at radius 2 is 2.00 bits per heavy atom.